The van der Waals surface area contributed by atoms with Gasteiger partial charge < -0.3 is 10.2 Å². The summed E-state index contributed by atoms with van der Waals surface area (Å²) >= 11 is 0. The van der Waals surface area contributed by atoms with E-state index in [1.54, 1.807) is 12.1 Å². The number of carbonyl (C=O) groups excluding carboxylic acids is 1. The zero-order chi connectivity index (χ0) is 20.5. The number of carbonyl (C=O) groups is 1. The van der Waals surface area contributed by atoms with Crippen LogP contribution in [0.15, 0.2) is 47.4 Å². The molecule has 1 atom stereocenters. The molecule has 0 aromatic heterocycles. The highest BCUT2D eigenvalue weighted by molar-refractivity contribution is 7.89. The van der Waals surface area contributed by atoms with Crippen molar-refractivity contribution >= 4 is 27.3 Å². The van der Waals surface area contributed by atoms with E-state index >= 15 is 0 Å². The number of hydrogen-bond donors (Lipinski definition) is 1. The van der Waals surface area contributed by atoms with Crippen LogP contribution in [0, 0.1) is 6.92 Å². The summed E-state index contributed by atoms with van der Waals surface area (Å²) in [4.78, 5) is 15.0. The van der Waals surface area contributed by atoms with Crippen LogP contribution in [0.25, 0.3) is 0 Å². The fourth-order valence-corrected chi connectivity index (χ4v) is 4.38. The van der Waals surface area contributed by atoms with Crippen molar-refractivity contribution in [3.05, 3.63) is 53.6 Å². The van der Waals surface area contributed by atoms with Gasteiger partial charge in [-0.05, 0) is 56.0 Å². The Morgan fingerprint density at radius 1 is 1.21 bits per heavy atom. The van der Waals surface area contributed by atoms with Gasteiger partial charge in [0.1, 0.15) is 0 Å². The molecule has 1 amide bonds. The van der Waals surface area contributed by atoms with Crippen molar-refractivity contribution in [2.24, 2.45) is 0 Å². The molecule has 0 saturated carbocycles. The fraction of sp³-hybridized carbons (Fsp3) is 0.381. The van der Waals surface area contributed by atoms with E-state index in [0.29, 0.717) is 5.69 Å². The van der Waals surface area contributed by atoms with Crippen LogP contribution < -0.4 is 10.2 Å². The lowest BCUT2D eigenvalue weighted by Gasteiger charge is -2.36. The second kappa shape index (κ2) is 7.93. The molecule has 1 aliphatic heterocycles. The third-order valence-electron chi connectivity index (χ3n) is 5.24. The minimum atomic E-state index is -3.56. The molecule has 0 fully saturated rings. The van der Waals surface area contributed by atoms with Crippen LogP contribution in [-0.4, -0.2) is 45.3 Å². The number of anilines is 2. The summed E-state index contributed by atoms with van der Waals surface area (Å²) in [5.41, 5.74) is 3.68. The summed E-state index contributed by atoms with van der Waals surface area (Å²) in [6.07, 6.45) is 2.01. The van der Waals surface area contributed by atoms with E-state index in [0.717, 1.165) is 28.4 Å². The zero-order valence-corrected chi connectivity index (χ0v) is 17.6. The van der Waals surface area contributed by atoms with Gasteiger partial charge in [0.05, 0.1) is 11.4 Å². The van der Waals surface area contributed by atoms with Crippen molar-refractivity contribution in [2.45, 2.75) is 37.6 Å². The van der Waals surface area contributed by atoms with Crippen molar-refractivity contribution in [3.63, 3.8) is 0 Å². The van der Waals surface area contributed by atoms with E-state index in [9.17, 15) is 13.2 Å². The summed E-state index contributed by atoms with van der Waals surface area (Å²) in [5, 5.41) is 2.90. The predicted molar refractivity (Wildman–Crippen MR) is 112 cm³/mol. The lowest BCUT2D eigenvalue weighted by Crippen LogP contribution is -2.42. The van der Waals surface area contributed by atoms with Gasteiger partial charge in [-0.25, -0.2) is 12.7 Å². The molecule has 0 saturated heterocycles. The number of benzene rings is 2. The molecule has 1 aliphatic rings. The molecule has 150 valence electrons. The maximum Gasteiger partial charge on any atom is 0.243 e. The first kappa shape index (κ1) is 20.4. The molecule has 3 rings (SSSR count). The number of sulfonamides is 1. The Labute approximate surface area is 167 Å². The Morgan fingerprint density at radius 2 is 1.93 bits per heavy atom. The maximum atomic E-state index is 12.8. The smallest absolute Gasteiger partial charge is 0.243 e. The van der Waals surface area contributed by atoms with Gasteiger partial charge in [0.2, 0.25) is 15.9 Å². The maximum absolute atomic E-state index is 12.8. The summed E-state index contributed by atoms with van der Waals surface area (Å²) in [7, 11) is -0.579. The first-order chi connectivity index (χ1) is 13.2. The Hall–Kier alpha value is -2.38. The molecule has 28 heavy (non-hydrogen) atoms. The van der Waals surface area contributed by atoms with Gasteiger partial charge in [-0.3, -0.25) is 4.79 Å². The van der Waals surface area contributed by atoms with Crippen LogP contribution >= 0.6 is 0 Å². The molecule has 0 bridgehead atoms. The van der Waals surface area contributed by atoms with Gasteiger partial charge in [-0.15, -0.1) is 0 Å². The molecule has 0 aliphatic carbocycles. The molecule has 0 radical (unpaired) electrons. The van der Waals surface area contributed by atoms with E-state index in [-0.39, 0.29) is 23.4 Å². The molecular formula is C21H27N3O3S. The van der Waals surface area contributed by atoms with Crippen LogP contribution in [-0.2, 0) is 21.2 Å². The standard InChI is InChI=1S/C21H27N3O3S/c1-15-9-12-18(28(26,27)23(3)4)13-19(15)22-21(25)14-24-16(2)10-11-17-7-5-6-8-20(17)24/h5-9,12-13,16H,10-11,14H2,1-4H3,(H,22,25)/t16-/m1/s1. The van der Waals surface area contributed by atoms with Crippen molar-refractivity contribution in [3.8, 4) is 0 Å². The van der Waals surface area contributed by atoms with Crippen LogP contribution in [0.1, 0.15) is 24.5 Å². The van der Waals surface area contributed by atoms with E-state index in [1.807, 2.05) is 25.1 Å². The van der Waals surface area contributed by atoms with Gasteiger partial charge >= 0.3 is 0 Å². The van der Waals surface area contributed by atoms with Gasteiger partial charge in [-0.2, -0.15) is 0 Å². The van der Waals surface area contributed by atoms with Crippen molar-refractivity contribution in [2.75, 3.05) is 30.9 Å². The molecule has 6 nitrogen and oxygen atoms in total. The topological polar surface area (TPSA) is 69.7 Å². The number of aryl methyl sites for hydroxylation is 2. The zero-order valence-electron chi connectivity index (χ0n) is 16.8. The Kier molecular flexibility index (Phi) is 5.76. The monoisotopic (exact) mass is 401 g/mol. The minimum absolute atomic E-state index is 0.161. The van der Waals surface area contributed by atoms with E-state index in [4.69, 9.17) is 0 Å². The number of rotatable bonds is 5. The second-order valence-corrected chi connectivity index (χ2v) is 9.61. The van der Waals surface area contributed by atoms with Crippen LogP contribution in [0.4, 0.5) is 11.4 Å². The number of hydrogen-bond acceptors (Lipinski definition) is 4. The van der Waals surface area contributed by atoms with Gasteiger partial charge in [0.15, 0.2) is 0 Å². The third-order valence-corrected chi connectivity index (χ3v) is 7.05. The Bertz CT molecular complexity index is 986. The predicted octanol–water partition coefficient (Wildman–Crippen LogP) is 3.03. The first-order valence-electron chi connectivity index (χ1n) is 9.37. The highest BCUT2D eigenvalue weighted by Gasteiger charge is 2.25. The highest BCUT2D eigenvalue weighted by Crippen LogP contribution is 2.30. The average Bonchev–Trinajstić information content (AvgIpc) is 2.65. The molecule has 7 heteroatoms. The fourth-order valence-electron chi connectivity index (χ4n) is 3.45. The molecule has 1 heterocycles. The largest absolute Gasteiger partial charge is 0.359 e. The SMILES string of the molecule is Cc1ccc(S(=O)(=O)N(C)C)cc1NC(=O)CN1c2ccccc2CC[C@H]1C. The summed E-state index contributed by atoms with van der Waals surface area (Å²) in [5.74, 6) is -0.161. The van der Waals surface area contributed by atoms with Crippen LogP contribution in [0.3, 0.4) is 0 Å². The lowest BCUT2D eigenvalue weighted by molar-refractivity contribution is -0.115. The Balaban J connectivity index is 1.81. The van der Waals surface area contributed by atoms with E-state index in [1.165, 1.54) is 25.7 Å². The van der Waals surface area contributed by atoms with Crippen molar-refractivity contribution < 1.29 is 13.2 Å². The van der Waals surface area contributed by atoms with Gasteiger partial charge in [0, 0.05) is 31.5 Å². The molecular weight excluding hydrogens is 374 g/mol. The molecule has 2 aromatic carbocycles. The molecule has 0 unspecified atom stereocenters. The van der Waals surface area contributed by atoms with E-state index < -0.39 is 10.0 Å². The third kappa shape index (κ3) is 4.05. The normalized spacial score (nSPS) is 16.8. The average molecular weight is 402 g/mol. The number of nitrogens with one attached hydrogen (secondary N) is 1. The summed E-state index contributed by atoms with van der Waals surface area (Å²) < 4.78 is 25.9. The minimum Gasteiger partial charge on any atom is -0.359 e. The van der Waals surface area contributed by atoms with Crippen molar-refractivity contribution in [1.82, 2.24) is 4.31 Å². The van der Waals surface area contributed by atoms with Crippen LogP contribution in [0.5, 0.6) is 0 Å². The summed E-state index contributed by atoms with van der Waals surface area (Å²) in [6, 6.07) is 13.2. The Morgan fingerprint density at radius 3 is 2.64 bits per heavy atom. The molecule has 0 spiro atoms. The van der Waals surface area contributed by atoms with Crippen LogP contribution in [0.2, 0.25) is 0 Å². The van der Waals surface area contributed by atoms with Crippen molar-refractivity contribution in [1.29, 1.82) is 0 Å². The van der Waals surface area contributed by atoms with E-state index in [2.05, 4.69) is 23.2 Å². The summed E-state index contributed by atoms with van der Waals surface area (Å²) in [6.45, 7) is 4.20. The number of para-hydroxylation sites is 1. The second-order valence-electron chi connectivity index (χ2n) is 7.46. The number of fused-ring (bicyclic) bond motifs is 1. The molecule has 2 aromatic rings. The first-order valence-corrected chi connectivity index (χ1v) is 10.8. The quantitative estimate of drug-likeness (QED) is 0.836. The molecule has 1 N–H and O–H groups in total. The lowest BCUT2D eigenvalue weighted by atomic mass is 9.96. The van der Waals surface area contributed by atoms with Gasteiger partial charge in [0.25, 0.3) is 0 Å². The number of nitrogens with zero attached hydrogens (tertiary/aromatic N) is 2. The highest BCUT2D eigenvalue weighted by atomic mass is 32.2. The van der Waals surface area contributed by atoms with Gasteiger partial charge in [-0.1, -0.05) is 24.3 Å². The number of amides is 1.